The Hall–Kier alpha value is -1.67. The lowest BCUT2D eigenvalue weighted by Gasteiger charge is -2.36. The zero-order chi connectivity index (χ0) is 18.6. The lowest BCUT2D eigenvalue weighted by molar-refractivity contribution is 0.00867. The average Bonchev–Trinajstić information content (AvgIpc) is 3.15. The second kappa shape index (κ2) is 11.9. The molecule has 2 N–H and O–H groups in total. The third-order valence-electron chi connectivity index (χ3n) is 4.67. The van der Waals surface area contributed by atoms with Crippen LogP contribution >= 0.6 is 0 Å². The molecule has 0 spiro atoms. The van der Waals surface area contributed by atoms with E-state index in [0.717, 1.165) is 71.3 Å². The molecular weight excluding hydrogens is 330 g/mol. The number of aliphatic imine (C=N–C) groups is 1. The number of guanidine groups is 1. The summed E-state index contributed by atoms with van der Waals surface area (Å²) in [6.45, 7) is 13.9. The van der Waals surface area contributed by atoms with Gasteiger partial charge >= 0.3 is 0 Å². The summed E-state index contributed by atoms with van der Waals surface area (Å²) in [6, 6.07) is 0.461. The minimum Gasteiger partial charge on any atom is -0.379 e. The van der Waals surface area contributed by atoms with Gasteiger partial charge in [-0.15, -0.1) is 10.2 Å². The molecule has 1 atom stereocenters. The topological polar surface area (TPSA) is 79.6 Å². The number of rotatable bonds is 10. The van der Waals surface area contributed by atoms with Gasteiger partial charge in [0, 0.05) is 38.8 Å². The molecule has 0 bridgehead atoms. The number of aryl methyl sites for hydroxylation is 1. The van der Waals surface area contributed by atoms with Gasteiger partial charge in [-0.1, -0.05) is 13.8 Å². The highest BCUT2D eigenvalue weighted by Crippen LogP contribution is 2.13. The molecule has 0 amide bonds. The third kappa shape index (κ3) is 7.29. The van der Waals surface area contributed by atoms with E-state index in [1.54, 1.807) is 12.7 Å². The van der Waals surface area contributed by atoms with Crippen molar-refractivity contribution in [3.05, 3.63) is 12.7 Å². The largest absolute Gasteiger partial charge is 0.379 e. The Balaban J connectivity index is 1.75. The maximum absolute atomic E-state index is 5.48. The summed E-state index contributed by atoms with van der Waals surface area (Å²) in [5.74, 6) is 1.49. The summed E-state index contributed by atoms with van der Waals surface area (Å²) in [5.41, 5.74) is 0. The first-order chi connectivity index (χ1) is 12.7. The molecule has 1 saturated heterocycles. The number of hydrogen-bond acceptors (Lipinski definition) is 5. The lowest BCUT2D eigenvalue weighted by atomic mass is 10.0. The Bertz CT molecular complexity index is 498. The molecule has 1 fully saturated rings. The maximum atomic E-state index is 5.48. The van der Waals surface area contributed by atoms with Crippen molar-refractivity contribution in [3.8, 4) is 0 Å². The number of ether oxygens (including phenoxy) is 1. The van der Waals surface area contributed by atoms with Crippen LogP contribution in [0.2, 0.25) is 0 Å². The minimum absolute atomic E-state index is 0.461. The van der Waals surface area contributed by atoms with E-state index in [1.807, 2.05) is 4.57 Å². The molecule has 0 aromatic carbocycles. The SMILES string of the molecule is CCNC(=NCC(C(C)C)N1CCOCC1)NCCCCn1cnnc1. The molecule has 1 aromatic heterocycles. The van der Waals surface area contributed by atoms with Crippen LogP contribution < -0.4 is 10.6 Å². The third-order valence-corrected chi connectivity index (χ3v) is 4.67. The highest BCUT2D eigenvalue weighted by molar-refractivity contribution is 5.79. The maximum Gasteiger partial charge on any atom is 0.191 e. The van der Waals surface area contributed by atoms with Gasteiger partial charge in [-0.2, -0.15) is 0 Å². The Labute approximate surface area is 157 Å². The smallest absolute Gasteiger partial charge is 0.191 e. The van der Waals surface area contributed by atoms with E-state index in [4.69, 9.17) is 9.73 Å². The minimum atomic E-state index is 0.461. The predicted molar refractivity (Wildman–Crippen MR) is 104 cm³/mol. The van der Waals surface area contributed by atoms with Crippen molar-refractivity contribution in [2.24, 2.45) is 10.9 Å². The predicted octanol–water partition coefficient (Wildman–Crippen LogP) is 0.970. The second-order valence-corrected chi connectivity index (χ2v) is 7.01. The van der Waals surface area contributed by atoms with Gasteiger partial charge in [0.25, 0.3) is 0 Å². The summed E-state index contributed by atoms with van der Waals surface area (Å²) in [6.07, 6.45) is 5.69. The summed E-state index contributed by atoms with van der Waals surface area (Å²) >= 11 is 0. The molecule has 2 rings (SSSR count). The first-order valence-electron chi connectivity index (χ1n) is 9.87. The fraction of sp³-hybridized carbons (Fsp3) is 0.833. The number of morpholine rings is 1. The highest BCUT2D eigenvalue weighted by Gasteiger charge is 2.23. The monoisotopic (exact) mass is 365 g/mol. The molecule has 8 nitrogen and oxygen atoms in total. The molecule has 1 aliphatic rings. The van der Waals surface area contributed by atoms with Crippen LogP contribution in [0.3, 0.4) is 0 Å². The fourth-order valence-corrected chi connectivity index (χ4v) is 3.15. The Morgan fingerprint density at radius 1 is 1.15 bits per heavy atom. The Morgan fingerprint density at radius 2 is 1.88 bits per heavy atom. The molecule has 1 unspecified atom stereocenters. The van der Waals surface area contributed by atoms with Crippen molar-refractivity contribution >= 4 is 5.96 Å². The quantitative estimate of drug-likeness (QED) is 0.365. The molecule has 2 heterocycles. The van der Waals surface area contributed by atoms with E-state index in [0.29, 0.717) is 12.0 Å². The van der Waals surface area contributed by atoms with E-state index in [1.165, 1.54) is 0 Å². The van der Waals surface area contributed by atoms with Gasteiger partial charge < -0.3 is 19.9 Å². The van der Waals surface area contributed by atoms with E-state index in [2.05, 4.69) is 46.5 Å². The standard InChI is InChI=1S/C18H35N7O/c1-4-19-18(20-7-5-6-8-24-14-22-23-15-24)21-13-17(16(2)3)25-9-11-26-12-10-25/h14-17H,4-13H2,1-3H3,(H2,19,20,21). The number of aromatic nitrogens is 3. The molecule has 148 valence electrons. The number of unbranched alkanes of at least 4 members (excludes halogenated alkanes) is 1. The van der Waals surface area contributed by atoms with Crippen LogP contribution in [0.4, 0.5) is 0 Å². The molecule has 0 saturated carbocycles. The highest BCUT2D eigenvalue weighted by atomic mass is 16.5. The molecule has 26 heavy (non-hydrogen) atoms. The van der Waals surface area contributed by atoms with E-state index in [9.17, 15) is 0 Å². The van der Waals surface area contributed by atoms with Crippen LogP contribution in [-0.2, 0) is 11.3 Å². The van der Waals surface area contributed by atoms with Crippen molar-refractivity contribution in [1.82, 2.24) is 30.3 Å². The molecule has 0 aliphatic carbocycles. The summed E-state index contributed by atoms with van der Waals surface area (Å²) in [7, 11) is 0. The van der Waals surface area contributed by atoms with Crippen molar-refractivity contribution < 1.29 is 4.74 Å². The van der Waals surface area contributed by atoms with Gasteiger partial charge in [-0.05, 0) is 25.7 Å². The van der Waals surface area contributed by atoms with Crippen LogP contribution in [0.15, 0.2) is 17.6 Å². The van der Waals surface area contributed by atoms with Crippen molar-refractivity contribution in [2.75, 3.05) is 45.9 Å². The molecular formula is C18H35N7O. The van der Waals surface area contributed by atoms with Crippen molar-refractivity contribution in [1.29, 1.82) is 0 Å². The molecule has 0 radical (unpaired) electrons. The van der Waals surface area contributed by atoms with Crippen LogP contribution in [0, 0.1) is 5.92 Å². The average molecular weight is 366 g/mol. The van der Waals surface area contributed by atoms with Gasteiger partial charge in [0.1, 0.15) is 12.7 Å². The summed E-state index contributed by atoms with van der Waals surface area (Å²) in [4.78, 5) is 7.36. The summed E-state index contributed by atoms with van der Waals surface area (Å²) < 4.78 is 7.49. The molecule has 1 aromatic rings. The normalized spacial score (nSPS) is 17.5. The molecule has 1 aliphatic heterocycles. The Kier molecular flexibility index (Phi) is 9.41. The second-order valence-electron chi connectivity index (χ2n) is 7.01. The van der Waals surface area contributed by atoms with Crippen LogP contribution in [0.5, 0.6) is 0 Å². The number of hydrogen-bond donors (Lipinski definition) is 2. The first-order valence-corrected chi connectivity index (χ1v) is 9.87. The first kappa shape index (κ1) is 20.6. The fourth-order valence-electron chi connectivity index (χ4n) is 3.15. The van der Waals surface area contributed by atoms with Crippen LogP contribution in [-0.4, -0.2) is 77.6 Å². The van der Waals surface area contributed by atoms with E-state index in [-0.39, 0.29) is 0 Å². The van der Waals surface area contributed by atoms with Gasteiger partial charge in [-0.3, -0.25) is 9.89 Å². The van der Waals surface area contributed by atoms with Crippen molar-refractivity contribution in [2.45, 2.75) is 46.2 Å². The van der Waals surface area contributed by atoms with E-state index < -0.39 is 0 Å². The van der Waals surface area contributed by atoms with Crippen LogP contribution in [0.1, 0.15) is 33.6 Å². The van der Waals surface area contributed by atoms with Crippen molar-refractivity contribution in [3.63, 3.8) is 0 Å². The zero-order valence-electron chi connectivity index (χ0n) is 16.5. The van der Waals surface area contributed by atoms with E-state index >= 15 is 0 Å². The van der Waals surface area contributed by atoms with Crippen LogP contribution in [0.25, 0.3) is 0 Å². The van der Waals surface area contributed by atoms with Gasteiger partial charge in [0.2, 0.25) is 0 Å². The zero-order valence-corrected chi connectivity index (χ0v) is 16.5. The number of nitrogens with zero attached hydrogens (tertiary/aromatic N) is 5. The number of nitrogens with one attached hydrogen (secondary N) is 2. The van der Waals surface area contributed by atoms with Gasteiger partial charge in [0.15, 0.2) is 5.96 Å². The molecule has 8 heteroatoms. The van der Waals surface area contributed by atoms with Gasteiger partial charge in [0.05, 0.1) is 19.8 Å². The Morgan fingerprint density at radius 3 is 2.54 bits per heavy atom. The summed E-state index contributed by atoms with van der Waals surface area (Å²) in [5, 5.41) is 14.5. The van der Waals surface area contributed by atoms with Gasteiger partial charge in [-0.25, -0.2) is 0 Å². The lowest BCUT2D eigenvalue weighted by Crippen LogP contribution is -2.48.